The van der Waals surface area contributed by atoms with E-state index in [1.807, 2.05) is 0 Å². The average molecular weight is 677 g/mol. The second-order valence-corrected chi connectivity index (χ2v) is 11.1. The van der Waals surface area contributed by atoms with E-state index in [4.69, 9.17) is 21.7 Å². The smallest absolute Gasteiger partial charge is 0.302 e. The van der Waals surface area contributed by atoms with Gasteiger partial charge in [0.15, 0.2) is 0 Å². The fourth-order valence-corrected chi connectivity index (χ4v) is 5.61. The van der Waals surface area contributed by atoms with E-state index in [-0.39, 0.29) is 19.3 Å². The molecule has 0 fully saturated rings. The van der Waals surface area contributed by atoms with Crippen molar-refractivity contribution < 1.29 is 77.7 Å². The highest BCUT2D eigenvalue weighted by atomic mass is 32.2. The van der Waals surface area contributed by atoms with E-state index in [9.17, 15) is 43.5 Å². The predicted octanol–water partition coefficient (Wildman–Crippen LogP) is -0.187. The van der Waals surface area contributed by atoms with E-state index in [1.54, 1.807) is 6.92 Å². The standard InChI is InChI=1S/C14H30O18S6/c1-3-10(28-34(17)18)5-12(30-36(21)22)7-14(32-38(25)26)8-13(31-37(23)24)6-11(29-35(19)20)4-9(2)27-33(15)16/h9-14H,3-8H2,1-2H3,(H,15,16)(H,17,18)(H,19,20)(H,21,22)(H,23,24)(H,25,26)/p-2. The first-order valence-electron chi connectivity index (χ1n) is 10.3. The average Bonchev–Trinajstić information content (AvgIpc) is 2.69. The number of hydrogen-bond donors (Lipinski definition) is 4. The molecule has 0 saturated heterocycles. The second-order valence-electron chi connectivity index (χ2n) is 7.36. The van der Waals surface area contributed by atoms with E-state index < -0.39 is 124 Å². The van der Waals surface area contributed by atoms with E-state index in [2.05, 4.69) is 12.5 Å². The van der Waals surface area contributed by atoms with Crippen molar-refractivity contribution in [2.24, 2.45) is 0 Å². The lowest BCUT2D eigenvalue weighted by Gasteiger charge is -2.28. The SMILES string of the molecule is CCC(CC(CC(CC(CC(CC(C)OS(=O)O)OS(=O)[O-])OS(=O)O)OS(=O)O)OS(=O)O)OS(=O)[O-]. The fourth-order valence-electron chi connectivity index (χ4n) is 3.27. The van der Waals surface area contributed by atoms with Crippen LogP contribution in [0.5, 0.6) is 0 Å². The third kappa shape index (κ3) is 21.2. The highest BCUT2D eigenvalue weighted by Crippen LogP contribution is 2.25. The third-order valence-electron chi connectivity index (χ3n) is 4.48. The van der Waals surface area contributed by atoms with Gasteiger partial charge < -0.3 is 9.11 Å². The Morgan fingerprint density at radius 1 is 0.526 bits per heavy atom. The molecule has 230 valence electrons. The van der Waals surface area contributed by atoms with Gasteiger partial charge in [-0.1, -0.05) is 6.92 Å². The Balaban J connectivity index is 5.85. The first kappa shape index (κ1) is 38.4. The molecule has 0 saturated carbocycles. The van der Waals surface area contributed by atoms with Crippen LogP contribution in [0.2, 0.25) is 0 Å². The maximum Gasteiger partial charge on any atom is 0.302 e. The molecule has 0 amide bonds. The topological polar surface area (TPSA) is 285 Å². The van der Waals surface area contributed by atoms with Crippen molar-refractivity contribution in [2.75, 3.05) is 0 Å². The Labute approximate surface area is 234 Å². The van der Waals surface area contributed by atoms with Crippen molar-refractivity contribution in [3.8, 4) is 0 Å². The molecule has 12 unspecified atom stereocenters. The molecule has 0 bridgehead atoms. The molecule has 0 aliphatic heterocycles. The molecule has 18 nitrogen and oxygen atoms in total. The van der Waals surface area contributed by atoms with Crippen LogP contribution in [-0.2, 0) is 93.3 Å². The largest absolute Gasteiger partial charge is 0.750 e. The maximum atomic E-state index is 11.4. The van der Waals surface area contributed by atoms with E-state index >= 15 is 0 Å². The van der Waals surface area contributed by atoms with Crippen LogP contribution in [0.4, 0.5) is 0 Å². The van der Waals surface area contributed by atoms with Crippen LogP contribution in [0, 0.1) is 0 Å². The lowest BCUT2D eigenvalue weighted by molar-refractivity contribution is 0.0362. The van der Waals surface area contributed by atoms with Crippen molar-refractivity contribution in [1.29, 1.82) is 0 Å². The van der Waals surface area contributed by atoms with Crippen molar-refractivity contribution >= 4 is 68.2 Å². The first-order valence-corrected chi connectivity index (χ1v) is 16.4. The Morgan fingerprint density at radius 3 is 1.11 bits per heavy atom. The zero-order valence-corrected chi connectivity index (χ0v) is 24.6. The number of rotatable bonds is 23. The summed E-state index contributed by atoms with van der Waals surface area (Å²) in [5, 5.41) is 0. The Hall–Kier alpha value is 0.420. The molecule has 0 aromatic heterocycles. The van der Waals surface area contributed by atoms with E-state index in [1.165, 1.54) is 6.92 Å². The van der Waals surface area contributed by atoms with Gasteiger partial charge in [-0.25, -0.2) is 8.42 Å². The lowest BCUT2D eigenvalue weighted by Crippen LogP contribution is -2.34. The summed E-state index contributed by atoms with van der Waals surface area (Å²) in [6.07, 6.45) is -9.56. The van der Waals surface area contributed by atoms with Crippen LogP contribution < -0.4 is 0 Å². The van der Waals surface area contributed by atoms with Gasteiger partial charge in [0.2, 0.25) is 0 Å². The van der Waals surface area contributed by atoms with Crippen molar-refractivity contribution in [2.45, 2.75) is 89.0 Å². The summed E-state index contributed by atoms with van der Waals surface area (Å²) in [4.78, 5) is 0. The molecular formula is C14H28O18S6-2. The summed E-state index contributed by atoms with van der Waals surface area (Å²) in [5.74, 6) is 0. The molecule has 0 aromatic carbocycles. The summed E-state index contributed by atoms with van der Waals surface area (Å²) in [6.45, 7) is 2.84. The van der Waals surface area contributed by atoms with Gasteiger partial charge in [-0.2, -0.15) is 16.8 Å². The van der Waals surface area contributed by atoms with Gasteiger partial charge in [0.05, 0.1) is 59.3 Å². The quantitative estimate of drug-likeness (QED) is 0.102. The summed E-state index contributed by atoms with van der Waals surface area (Å²) >= 11 is -17.5. The molecular weight excluding hydrogens is 649 g/mol. The van der Waals surface area contributed by atoms with Crippen molar-refractivity contribution in [3.63, 3.8) is 0 Å². The molecule has 38 heavy (non-hydrogen) atoms. The molecule has 0 aliphatic rings. The molecule has 24 heteroatoms. The maximum absolute atomic E-state index is 11.4. The molecule has 0 aromatic rings. The molecule has 12 atom stereocenters. The molecule has 0 rings (SSSR count). The first-order chi connectivity index (χ1) is 17.6. The van der Waals surface area contributed by atoms with Gasteiger partial charge >= 0.3 is 45.4 Å². The Kier molecular flexibility index (Phi) is 21.4. The lowest BCUT2D eigenvalue weighted by atomic mass is 9.97. The van der Waals surface area contributed by atoms with Gasteiger partial charge in [-0.3, -0.25) is 43.3 Å². The zero-order chi connectivity index (χ0) is 29.4. The predicted molar refractivity (Wildman–Crippen MR) is 129 cm³/mol. The van der Waals surface area contributed by atoms with Crippen LogP contribution in [0.1, 0.15) is 52.4 Å². The molecule has 0 aliphatic carbocycles. The highest BCUT2D eigenvalue weighted by Gasteiger charge is 2.31. The van der Waals surface area contributed by atoms with Gasteiger partial charge in [0, 0.05) is 32.1 Å². The Bertz CT molecular complexity index is 829. The molecule has 0 heterocycles. The van der Waals surface area contributed by atoms with Crippen LogP contribution >= 0.6 is 0 Å². The normalized spacial score (nSPS) is 21.8. The second kappa shape index (κ2) is 21.2. The molecule has 0 radical (unpaired) electrons. The highest BCUT2D eigenvalue weighted by molar-refractivity contribution is 7.75. The minimum absolute atomic E-state index is 0.114. The summed E-state index contributed by atoms with van der Waals surface area (Å²) in [6, 6.07) is 0. The zero-order valence-electron chi connectivity index (χ0n) is 19.7. The monoisotopic (exact) mass is 676 g/mol. The molecule has 0 spiro atoms. The Morgan fingerprint density at radius 2 is 0.816 bits per heavy atom. The van der Waals surface area contributed by atoms with Crippen LogP contribution in [0.15, 0.2) is 0 Å². The van der Waals surface area contributed by atoms with Gasteiger partial charge in [-0.15, -0.1) is 0 Å². The summed E-state index contributed by atoms with van der Waals surface area (Å²) < 4.78 is 154. The van der Waals surface area contributed by atoms with Gasteiger partial charge in [0.1, 0.15) is 0 Å². The third-order valence-corrected chi connectivity index (χ3v) is 7.15. The van der Waals surface area contributed by atoms with Crippen LogP contribution in [-0.4, -0.2) is 89.2 Å². The van der Waals surface area contributed by atoms with Crippen molar-refractivity contribution in [3.05, 3.63) is 0 Å². The minimum Gasteiger partial charge on any atom is -0.750 e. The summed E-state index contributed by atoms with van der Waals surface area (Å²) in [7, 11) is 0. The minimum atomic E-state index is -3.11. The van der Waals surface area contributed by atoms with Gasteiger partial charge in [-0.05, 0) is 13.3 Å². The fraction of sp³-hybridized carbons (Fsp3) is 1.00. The molecule has 4 N–H and O–H groups in total. The number of hydrogen-bond acceptors (Lipinski definition) is 14. The van der Waals surface area contributed by atoms with E-state index in [0.29, 0.717) is 0 Å². The van der Waals surface area contributed by atoms with E-state index in [0.717, 1.165) is 0 Å². The van der Waals surface area contributed by atoms with Gasteiger partial charge in [0.25, 0.3) is 0 Å². The van der Waals surface area contributed by atoms with Crippen LogP contribution in [0.3, 0.4) is 0 Å². The van der Waals surface area contributed by atoms with Crippen molar-refractivity contribution in [1.82, 2.24) is 0 Å². The van der Waals surface area contributed by atoms with Crippen LogP contribution in [0.25, 0.3) is 0 Å². The summed E-state index contributed by atoms with van der Waals surface area (Å²) in [5.41, 5.74) is 0.